The quantitative estimate of drug-likeness (QED) is 0.683. The van der Waals surface area contributed by atoms with Crippen LogP contribution in [0.2, 0.25) is 5.02 Å². The summed E-state index contributed by atoms with van der Waals surface area (Å²) in [5.74, 6) is 0. The minimum atomic E-state index is -2.48. The zero-order chi connectivity index (χ0) is 8.43. The second kappa shape index (κ2) is 3.24. The molecule has 0 fully saturated rings. The average molecular weight is 191 g/mol. The van der Waals surface area contributed by atoms with Gasteiger partial charge in [-0.3, -0.25) is 0 Å². The second-order valence-corrected chi connectivity index (χ2v) is 3.63. The van der Waals surface area contributed by atoms with Gasteiger partial charge in [-0.05, 0) is 30.7 Å². The molecular formula is C7H7ClO2S. The molecule has 0 heterocycles. The lowest BCUT2D eigenvalue weighted by Gasteiger charge is -1.96. The van der Waals surface area contributed by atoms with Gasteiger partial charge in [-0.2, -0.15) is 0 Å². The first-order chi connectivity index (χ1) is 5.11. The molecule has 0 unspecified atom stereocenters. The number of hydrogen-bond acceptors (Lipinski definition) is 2. The molecular weight excluding hydrogens is 184 g/mol. The Balaban J connectivity index is 3.26. The fourth-order valence-electron chi connectivity index (χ4n) is 0.742. The predicted molar refractivity (Wildman–Crippen MR) is 44.8 cm³/mol. The first-order valence-electron chi connectivity index (χ1n) is 3.02. The molecule has 0 N–H and O–H groups in total. The number of aryl methyl sites for hydroxylation is 1. The lowest BCUT2D eigenvalue weighted by molar-refractivity contribution is 0.614. The van der Waals surface area contributed by atoms with E-state index in [1.54, 1.807) is 19.1 Å². The van der Waals surface area contributed by atoms with Gasteiger partial charge in [-0.15, -0.1) is 0 Å². The van der Waals surface area contributed by atoms with E-state index in [2.05, 4.69) is 0 Å². The van der Waals surface area contributed by atoms with Crippen molar-refractivity contribution in [3.05, 3.63) is 28.8 Å². The first kappa shape index (κ1) is 8.56. The van der Waals surface area contributed by atoms with Gasteiger partial charge in [0.05, 0.1) is 4.90 Å². The molecule has 0 aliphatic rings. The third-order valence-corrected chi connectivity index (χ3v) is 2.48. The fraction of sp³-hybridized carbons (Fsp3) is 0.143. The SMILES string of the molecule is Cc1cc([SH](=O)=O)ccc1Cl. The number of rotatable bonds is 1. The smallest absolute Gasteiger partial charge is 0.168 e. The van der Waals surface area contributed by atoms with Crippen LogP contribution in [0.15, 0.2) is 23.1 Å². The van der Waals surface area contributed by atoms with Crippen molar-refractivity contribution in [1.29, 1.82) is 0 Å². The lowest BCUT2D eigenvalue weighted by Crippen LogP contribution is -1.81. The normalized spacial score (nSPS) is 10.5. The van der Waals surface area contributed by atoms with Gasteiger partial charge in [-0.1, -0.05) is 11.6 Å². The summed E-state index contributed by atoms with van der Waals surface area (Å²) < 4.78 is 20.9. The topological polar surface area (TPSA) is 34.1 Å². The number of thiol groups is 1. The summed E-state index contributed by atoms with van der Waals surface area (Å²) in [6.45, 7) is 1.77. The van der Waals surface area contributed by atoms with Gasteiger partial charge >= 0.3 is 0 Å². The van der Waals surface area contributed by atoms with E-state index in [0.29, 0.717) is 9.92 Å². The van der Waals surface area contributed by atoms with Crippen LogP contribution in [0.5, 0.6) is 0 Å². The summed E-state index contributed by atoms with van der Waals surface area (Å²) in [6, 6.07) is 4.62. The van der Waals surface area contributed by atoms with Crippen LogP contribution in [-0.2, 0) is 10.7 Å². The second-order valence-electron chi connectivity index (χ2n) is 2.19. The number of benzene rings is 1. The molecule has 60 valence electrons. The largest absolute Gasteiger partial charge is 0.227 e. The van der Waals surface area contributed by atoms with Gasteiger partial charge < -0.3 is 0 Å². The highest BCUT2D eigenvalue weighted by Gasteiger charge is 1.97. The van der Waals surface area contributed by atoms with Crippen molar-refractivity contribution < 1.29 is 8.42 Å². The van der Waals surface area contributed by atoms with Crippen LogP contribution < -0.4 is 0 Å². The van der Waals surface area contributed by atoms with Crippen LogP contribution >= 0.6 is 11.6 Å². The highest BCUT2D eigenvalue weighted by atomic mass is 35.5. The number of halogens is 1. The molecule has 0 aliphatic heterocycles. The Morgan fingerprint density at radius 3 is 2.45 bits per heavy atom. The summed E-state index contributed by atoms with van der Waals surface area (Å²) >= 11 is 5.69. The van der Waals surface area contributed by atoms with E-state index >= 15 is 0 Å². The Bertz CT molecular complexity index is 336. The Hall–Kier alpha value is -0.540. The molecule has 1 rings (SSSR count). The summed E-state index contributed by atoms with van der Waals surface area (Å²) in [4.78, 5) is 0.307. The molecule has 0 bridgehead atoms. The summed E-state index contributed by atoms with van der Waals surface area (Å²) in [6.07, 6.45) is 0. The van der Waals surface area contributed by atoms with Gasteiger partial charge in [0.15, 0.2) is 10.7 Å². The molecule has 0 atom stereocenters. The van der Waals surface area contributed by atoms with Crippen LogP contribution in [-0.4, -0.2) is 8.42 Å². The van der Waals surface area contributed by atoms with Crippen molar-refractivity contribution in [2.75, 3.05) is 0 Å². The van der Waals surface area contributed by atoms with Crippen molar-refractivity contribution >= 4 is 22.3 Å². The van der Waals surface area contributed by atoms with E-state index in [1.807, 2.05) is 0 Å². The monoisotopic (exact) mass is 190 g/mol. The highest BCUT2D eigenvalue weighted by molar-refractivity contribution is 7.72. The lowest BCUT2D eigenvalue weighted by atomic mass is 10.2. The highest BCUT2D eigenvalue weighted by Crippen LogP contribution is 2.16. The van der Waals surface area contributed by atoms with Crippen LogP contribution in [0.3, 0.4) is 0 Å². The van der Waals surface area contributed by atoms with Crippen LogP contribution in [0.25, 0.3) is 0 Å². The molecule has 1 aromatic carbocycles. The maximum absolute atomic E-state index is 10.5. The molecule has 0 radical (unpaired) electrons. The van der Waals surface area contributed by atoms with Gasteiger partial charge in [0.25, 0.3) is 0 Å². The summed E-state index contributed by atoms with van der Waals surface area (Å²) in [5, 5.41) is 0.589. The van der Waals surface area contributed by atoms with Crippen LogP contribution in [0.4, 0.5) is 0 Å². The molecule has 11 heavy (non-hydrogen) atoms. The molecule has 0 amide bonds. The van der Waals surface area contributed by atoms with Gasteiger partial charge in [0, 0.05) is 5.02 Å². The molecule has 0 spiro atoms. The van der Waals surface area contributed by atoms with Gasteiger partial charge in [-0.25, -0.2) is 8.42 Å². The maximum atomic E-state index is 10.5. The Labute approximate surface area is 71.8 Å². The van der Waals surface area contributed by atoms with E-state index in [4.69, 9.17) is 11.6 Å². The van der Waals surface area contributed by atoms with E-state index in [1.165, 1.54) is 6.07 Å². The summed E-state index contributed by atoms with van der Waals surface area (Å²) in [5.41, 5.74) is 0.781. The van der Waals surface area contributed by atoms with E-state index in [9.17, 15) is 8.42 Å². The summed E-state index contributed by atoms with van der Waals surface area (Å²) in [7, 11) is -2.48. The van der Waals surface area contributed by atoms with Gasteiger partial charge in [0.1, 0.15) is 0 Å². The standard InChI is InChI=1S/C7H7ClO2S/c1-5-4-6(11(9)10)2-3-7(5)8/h2-4,11H,1H3. The number of hydrogen-bond donors (Lipinski definition) is 1. The Morgan fingerprint density at radius 2 is 2.00 bits per heavy atom. The Morgan fingerprint density at radius 1 is 1.36 bits per heavy atom. The van der Waals surface area contributed by atoms with Crippen molar-refractivity contribution in [2.45, 2.75) is 11.8 Å². The third-order valence-electron chi connectivity index (χ3n) is 1.35. The Kier molecular flexibility index (Phi) is 2.52. The zero-order valence-corrected chi connectivity index (χ0v) is 7.52. The molecule has 0 aliphatic carbocycles. The molecule has 0 saturated carbocycles. The molecule has 4 heteroatoms. The molecule has 0 saturated heterocycles. The maximum Gasteiger partial charge on any atom is 0.168 e. The van der Waals surface area contributed by atoms with Gasteiger partial charge in [0.2, 0.25) is 0 Å². The average Bonchev–Trinajstić information content (AvgIpc) is 1.94. The van der Waals surface area contributed by atoms with Crippen molar-refractivity contribution in [1.82, 2.24) is 0 Å². The third kappa shape index (κ3) is 1.94. The molecule has 1 aromatic rings. The van der Waals surface area contributed by atoms with Crippen molar-refractivity contribution in [2.24, 2.45) is 0 Å². The van der Waals surface area contributed by atoms with Crippen LogP contribution in [0.1, 0.15) is 5.56 Å². The minimum Gasteiger partial charge on any atom is -0.227 e. The van der Waals surface area contributed by atoms with E-state index < -0.39 is 10.7 Å². The van der Waals surface area contributed by atoms with E-state index in [0.717, 1.165) is 5.56 Å². The van der Waals surface area contributed by atoms with Crippen molar-refractivity contribution in [3.63, 3.8) is 0 Å². The van der Waals surface area contributed by atoms with E-state index in [-0.39, 0.29) is 0 Å². The first-order valence-corrected chi connectivity index (χ1v) is 4.57. The van der Waals surface area contributed by atoms with Crippen molar-refractivity contribution in [3.8, 4) is 0 Å². The fourth-order valence-corrected chi connectivity index (χ4v) is 1.36. The molecule has 2 nitrogen and oxygen atoms in total. The minimum absolute atomic E-state index is 0.307. The zero-order valence-electron chi connectivity index (χ0n) is 5.87. The predicted octanol–water partition coefficient (Wildman–Crippen LogP) is 1.62. The van der Waals surface area contributed by atoms with Crippen LogP contribution in [0, 0.1) is 6.92 Å². The molecule has 0 aromatic heterocycles.